The second-order valence-corrected chi connectivity index (χ2v) is 8.58. The van der Waals surface area contributed by atoms with E-state index in [1.54, 1.807) is 24.3 Å². The van der Waals surface area contributed by atoms with Gasteiger partial charge >= 0.3 is 0 Å². The molecule has 0 spiro atoms. The van der Waals surface area contributed by atoms with Crippen LogP contribution in [0.1, 0.15) is 71.4 Å². The summed E-state index contributed by atoms with van der Waals surface area (Å²) in [6.45, 7) is 2.73. The van der Waals surface area contributed by atoms with Crippen LogP contribution in [0.4, 0.5) is 0 Å². The molecule has 30 heavy (non-hydrogen) atoms. The van der Waals surface area contributed by atoms with Crippen molar-refractivity contribution in [3.8, 4) is 5.75 Å². The summed E-state index contributed by atoms with van der Waals surface area (Å²) < 4.78 is 6.00. The Morgan fingerprint density at radius 3 is 2.33 bits per heavy atom. The van der Waals surface area contributed by atoms with Gasteiger partial charge in [0.05, 0.1) is 23.8 Å². The van der Waals surface area contributed by atoms with Gasteiger partial charge in [-0.15, -0.1) is 0 Å². The highest BCUT2D eigenvalue weighted by molar-refractivity contribution is 6.21. The summed E-state index contributed by atoms with van der Waals surface area (Å²) in [4.78, 5) is 26.4. The highest BCUT2D eigenvalue weighted by atomic mass is 16.5. The number of hydrogen-bond acceptors (Lipinski definition) is 4. The lowest BCUT2D eigenvalue weighted by Gasteiger charge is -2.25. The van der Waals surface area contributed by atoms with Crippen molar-refractivity contribution in [1.82, 2.24) is 4.90 Å². The maximum absolute atomic E-state index is 12.6. The van der Waals surface area contributed by atoms with Crippen molar-refractivity contribution in [3.63, 3.8) is 0 Å². The first-order valence-electron chi connectivity index (χ1n) is 10.9. The predicted molar refractivity (Wildman–Crippen MR) is 114 cm³/mol. The van der Waals surface area contributed by atoms with Gasteiger partial charge in [-0.25, -0.2) is 0 Å². The van der Waals surface area contributed by atoms with E-state index in [0.717, 1.165) is 11.3 Å². The second kappa shape index (κ2) is 9.00. The molecule has 0 aromatic heterocycles. The predicted octanol–water partition coefficient (Wildman–Crippen LogP) is 4.61. The summed E-state index contributed by atoms with van der Waals surface area (Å²) in [6.07, 6.45) is 5.53. The molecule has 2 aromatic carbocycles. The molecular formula is C25H29NO4. The van der Waals surface area contributed by atoms with Gasteiger partial charge in [-0.3, -0.25) is 14.5 Å². The Bertz CT molecular complexity index is 884. The second-order valence-electron chi connectivity index (χ2n) is 8.58. The van der Waals surface area contributed by atoms with Gasteiger partial charge in [0, 0.05) is 12.5 Å². The van der Waals surface area contributed by atoms with Crippen LogP contribution < -0.4 is 4.74 Å². The van der Waals surface area contributed by atoms with E-state index in [2.05, 4.69) is 0 Å². The molecule has 0 bridgehead atoms. The third kappa shape index (κ3) is 4.26. The van der Waals surface area contributed by atoms with E-state index in [0.29, 0.717) is 23.7 Å². The van der Waals surface area contributed by atoms with Crippen molar-refractivity contribution in [2.24, 2.45) is 11.8 Å². The molecule has 1 N–H and O–H groups in total. The Labute approximate surface area is 177 Å². The lowest BCUT2D eigenvalue weighted by molar-refractivity contribution is 0.0536. The van der Waals surface area contributed by atoms with Gasteiger partial charge in [0.25, 0.3) is 11.8 Å². The van der Waals surface area contributed by atoms with E-state index in [-0.39, 0.29) is 24.3 Å². The number of hydrogen-bond donors (Lipinski definition) is 1. The summed E-state index contributed by atoms with van der Waals surface area (Å²) in [5, 5.41) is 10.9. The highest BCUT2D eigenvalue weighted by Crippen LogP contribution is 2.30. The fraction of sp³-hybridized carbons (Fsp3) is 0.440. The van der Waals surface area contributed by atoms with Crippen LogP contribution in [0.5, 0.6) is 5.75 Å². The summed E-state index contributed by atoms with van der Waals surface area (Å²) in [6, 6.07) is 14.4. The first kappa shape index (κ1) is 20.6. The fourth-order valence-electron chi connectivity index (χ4n) is 4.48. The van der Waals surface area contributed by atoms with Crippen molar-refractivity contribution in [3.05, 3.63) is 65.2 Å². The molecule has 1 aliphatic carbocycles. The lowest BCUT2D eigenvalue weighted by atomic mass is 9.90. The highest BCUT2D eigenvalue weighted by Gasteiger charge is 2.36. The molecule has 0 saturated heterocycles. The topological polar surface area (TPSA) is 66.8 Å². The Hall–Kier alpha value is -2.66. The summed E-state index contributed by atoms with van der Waals surface area (Å²) >= 11 is 0. The van der Waals surface area contributed by atoms with E-state index in [9.17, 15) is 14.7 Å². The van der Waals surface area contributed by atoms with Crippen LogP contribution in [-0.4, -0.2) is 35.0 Å². The Morgan fingerprint density at radius 2 is 1.67 bits per heavy atom. The van der Waals surface area contributed by atoms with Crippen LogP contribution in [0, 0.1) is 11.8 Å². The van der Waals surface area contributed by atoms with Gasteiger partial charge in [0.2, 0.25) is 0 Å². The van der Waals surface area contributed by atoms with Gasteiger partial charge in [0.15, 0.2) is 0 Å². The minimum Gasteiger partial charge on any atom is -0.493 e. The quantitative estimate of drug-likeness (QED) is 0.681. The molecule has 1 saturated carbocycles. The van der Waals surface area contributed by atoms with E-state index < -0.39 is 6.10 Å². The molecule has 2 atom stereocenters. The molecule has 2 unspecified atom stereocenters. The SMILES string of the molecule is CC(CN1C(=O)c2ccccc2C1=O)C(O)c1cccc(OCC2CCCCC2)c1. The fourth-order valence-corrected chi connectivity index (χ4v) is 4.48. The molecule has 2 amide bonds. The maximum atomic E-state index is 12.6. The molecule has 1 fully saturated rings. The average molecular weight is 408 g/mol. The minimum absolute atomic E-state index is 0.167. The summed E-state index contributed by atoms with van der Waals surface area (Å²) in [7, 11) is 0. The van der Waals surface area contributed by atoms with Crippen LogP contribution in [0.2, 0.25) is 0 Å². The molecule has 5 heteroatoms. The number of aliphatic hydroxyl groups is 1. The number of ether oxygens (including phenoxy) is 1. The van der Waals surface area contributed by atoms with E-state index >= 15 is 0 Å². The van der Waals surface area contributed by atoms with Crippen molar-refractivity contribution in [2.45, 2.75) is 45.1 Å². The number of benzene rings is 2. The molecule has 1 aliphatic heterocycles. The molecule has 5 nitrogen and oxygen atoms in total. The average Bonchev–Trinajstić information content (AvgIpc) is 3.03. The van der Waals surface area contributed by atoms with Crippen LogP contribution in [-0.2, 0) is 0 Å². The largest absolute Gasteiger partial charge is 0.493 e. The number of fused-ring (bicyclic) bond motifs is 1. The standard InChI is InChI=1S/C25H29NO4/c1-17(15-26-24(28)21-12-5-6-13-22(21)25(26)29)23(27)19-10-7-11-20(14-19)30-16-18-8-3-2-4-9-18/h5-7,10-14,17-18,23,27H,2-4,8-9,15-16H2,1H3. The van der Waals surface area contributed by atoms with Gasteiger partial charge in [-0.2, -0.15) is 0 Å². The zero-order valence-corrected chi connectivity index (χ0v) is 17.4. The van der Waals surface area contributed by atoms with Crippen LogP contribution in [0.25, 0.3) is 0 Å². The number of imide groups is 1. The maximum Gasteiger partial charge on any atom is 0.261 e. The number of carbonyl (C=O) groups excluding carboxylic acids is 2. The number of nitrogens with zero attached hydrogens (tertiary/aromatic N) is 1. The van der Waals surface area contributed by atoms with Gasteiger partial charge in [0.1, 0.15) is 5.75 Å². The normalized spacial score (nSPS) is 18.9. The number of aliphatic hydroxyl groups excluding tert-OH is 1. The number of amides is 2. The zero-order valence-electron chi connectivity index (χ0n) is 17.4. The monoisotopic (exact) mass is 407 g/mol. The van der Waals surface area contributed by atoms with Crippen molar-refractivity contribution in [2.75, 3.05) is 13.2 Å². The summed E-state index contributed by atoms with van der Waals surface area (Å²) in [5.41, 5.74) is 1.60. The van der Waals surface area contributed by atoms with Crippen LogP contribution in [0.3, 0.4) is 0 Å². The molecule has 2 aliphatic rings. The van der Waals surface area contributed by atoms with E-state index in [1.807, 2.05) is 31.2 Å². The van der Waals surface area contributed by atoms with Crippen LogP contribution in [0.15, 0.2) is 48.5 Å². The van der Waals surface area contributed by atoms with Crippen LogP contribution >= 0.6 is 0 Å². The number of carbonyl (C=O) groups is 2. The molecule has 0 radical (unpaired) electrons. The van der Waals surface area contributed by atoms with E-state index in [4.69, 9.17) is 4.74 Å². The number of rotatable bonds is 7. The molecule has 4 rings (SSSR count). The zero-order chi connectivity index (χ0) is 21.1. The van der Waals surface area contributed by atoms with Crippen molar-refractivity contribution >= 4 is 11.8 Å². The first-order valence-corrected chi connectivity index (χ1v) is 10.9. The molecule has 1 heterocycles. The Kier molecular flexibility index (Phi) is 6.18. The third-order valence-electron chi connectivity index (χ3n) is 6.30. The Morgan fingerprint density at radius 1 is 1.00 bits per heavy atom. The Balaban J connectivity index is 1.39. The van der Waals surface area contributed by atoms with Crippen molar-refractivity contribution in [1.29, 1.82) is 0 Å². The molecule has 158 valence electrons. The smallest absolute Gasteiger partial charge is 0.261 e. The van der Waals surface area contributed by atoms with Gasteiger partial charge < -0.3 is 9.84 Å². The lowest BCUT2D eigenvalue weighted by Crippen LogP contribution is -2.35. The molecular weight excluding hydrogens is 378 g/mol. The minimum atomic E-state index is -0.799. The molecule has 2 aromatic rings. The summed E-state index contributed by atoms with van der Waals surface area (Å²) in [5.74, 6) is 0.476. The first-order chi connectivity index (χ1) is 14.5. The van der Waals surface area contributed by atoms with Gasteiger partial charge in [-0.1, -0.05) is 50.5 Å². The third-order valence-corrected chi connectivity index (χ3v) is 6.30. The van der Waals surface area contributed by atoms with E-state index in [1.165, 1.54) is 37.0 Å². The van der Waals surface area contributed by atoms with Gasteiger partial charge in [-0.05, 0) is 48.6 Å². The van der Waals surface area contributed by atoms with Crippen molar-refractivity contribution < 1.29 is 19.4 Å².